The van der Waals surface area contributed by atoms with Crippen molar-refractivity contribution in [3.63, 3.8) is 0 Å². The lowest BCUT2D eigenvalue weighted by molar-refractivity contribution is 0.783. The minimum absolute atomic E-state index is 0.293. The van der Waals surface area contributed by atoms with E-state index in [1.54, 1.807) is 0 Å². The largest absolute Gasteiger partial charge is 0.314 e. The number of nitrogens with zero attached hydrogens (tertiary/aromatic N) is 2. The number of anilines is 5. The monoisotopic (exact) mass is 620 g/mol. The van der Waals surface area contributed by atoms with Crippen molar-refractivity contribution in [2.24, 2.45) is 0 Å². The Labute approximate surface area is 279 Å². The Balaban J connectivity index is 1.15. The highest BCUT2D eigenvalue weighted by Gasteiger charge is 2.34. The zero-order valence-corrected chi connectivity index (χ0v) is 26.6. The Kier molecular flexibility index (Phi) is 6.91. The van der Waals surface area contributed by atoms with Gasteiger partial charge in [-0.15, -0.1) is 0 Å². The molecule has 0 saturated carbocycles. The second-order valence-corrected chi connectivity index (χ2v) is 13.3. The molecule has 2 nitrogen and oxygen atoms in total. The molecule has 0 radical (unpaired) electrons. The lowest BCUT2D eigenvalue weighted by atomic mass is 9.89. The van der Waals surface area contributed by atoms with E-state index in [4.69, 9.17) is 0 Å². The van der Waals surface area contributed by atoms with E-state index >= 15 is 0 Å². The average Bonchev–Trinajstić information content (AvgIpc) is 3.50. The summed E-state index contributed by atoms with van der Waals surface area (Å²) in [6.45, 7) is 0. The predicted molar refractivity (Wildman–Crippen MR) is 201 cm³/mol. The Hall–Kier alpha value is -5.51. The number of fused-ring (bicyclic) bond motifs is 5. The molecule has 0 aromatic heterocycles. The van der Waals surface area contributed by atoms with Gasteiger partial charge in [-0.05, 0) is 94.4 Å². The SMILES string of the molecule is C1=C2Sc3ccc(N(c4ccccc4)c4cccc5ccccc45)cc3C2CC(N(c2ccccc2)c2cccc3ccccc23)=C1. The van der Waals surface area contributed by atoms with Gasteiger partial charge in [-0.3, -0.25) is 0 Å². The van der Waals surface area contributed by atoms with Crippen LogP contribution >= 0.6 is 11.8 Å². The van der Waals surface area contributed by atoms with Crippen molar-refractivity contribution in [1.29, 1.82) is 0 Å². The van der Waals surface area contributed by atoms with E-state index in [-0.39, 0.29) is 0 Å². The Bertz CT molecular complexity index is 2310. The summed E-state index contributed by atoms with van der Waals surface area (Å²) >= 11 is 1.92. The van der Waals surface area contributed by atoms with Crippen LogP contribution in [0.4, 0.5) is 28.4 Å². The third-order valence-corrected chi connectivity index (χ3v) is 10.6. The number of benzene rings is 7. The molecular weight excluding hydrogens is 589 g/mol. The van der Waals surface area contributed by atoms with Gasteiger partial charge in [0.1, 0.15) is 0 Å². The molecule has 1 heterocycles. The molecule has 1 atom stereocenters. The van der Waals surface area contributed by atoms with Gasteiger partial charge in [0, 0.05) is 44.3 Å². The summed E-state index contributed by atoms with van der Waals surface area (Å²) in [5, 5.41) is 4.99. The second-order valence-electron chi connectivity index (χ2n) is 12.1. The molecule has 0 amide bonds. The lowest BCUT2D eigenvalue weighted by Gasteiger charge is -2.32. The molecule has 0 bridgehead atoms. The molecule has 0 N–H and O–H groups in total. The topological polar surface area (TPSA) is 6.48 Å². The van der Waals surface area contributed by atoms with Crippen molar-refractivity contribution in [1.82, 2.24) is 0 Å². The molecule has 0 spiro atoms. The number of hydrogen-bond acceptors (Lipinski definition) is 3. The molecular formula is C44H32N2S. The smallest absolute Gasteiger partial charge is 0.0540 e. The minimum Gasteiger partial charge on any atom is -0.314 e. The van der Waals surface area contributed by atoms with Crippen LogP contribution in [-0.4, -0.2) is 0 Å². The number of allylic oxidation sites excluding steroid dienone is 4. The predicted octanol–water partition coefficient (Wildman–Crippen LogP) is 12.7. The maximum absolute atomic E-state index is 2.47. The summed E-state index contributed by atoms with van der Waals surface area (Å²) in [6, 6.07) is 59.3. The van der Waals surface area contributed by atoms with E-state index in [0.717, 1.165) is 12.1 Å². The fourth-order valence-corrected chi connectivity index (χ4v) is 8.42. The van der Waals surface area contributed by atoms with Crippen LogP contribution in [0, 0.1) is 0 Å². The van der Waals surface area contributed by atoms with Crippen molar-refractivity contribution in [3.05, 3.63) is 192 Å². The van der Waals surface area contributed by atoms with E-state index in [2.05, 4.69) is 186 Å². The normalized spacial score (nSPS) is 15.1. The molecule has 224 valence electrons. The Morgan fingerprint density at radius 3 is 1.68 bits per heavy atom. The van der Waals surface area contributed by atoms with E-state index in [1.807, 2.05) is 11.8 Å². The highest BCUT2D eigenvalue weighted by molar-refractivity contribution is 8.03. The fraction of sp³-hybridized carbons (Fsp3) is 0.0455. The van der Waals surface area contributed by atoms with Gasteiger partial charge in [0.05, 0.1) is 11.4 Å². The van der Waals surface area contributed by atoms with E-state index in [0.29, 0.717) is 5.92 Å². The standard InChI is InChI=1S/C44H32N2S/c1-3-17-33(18-4-1)45(41-23-11-15-31-13-7-9-21-37(31)41)35-25-27-43-39(29-35)40-30-36(26-28-44(40)47-43)46(34-19-5-2-6-20-34)42-24-12-16-32-14-8-10-22-38(32)42/h1-29,40H,30H2. The first kappa shape index (κ1) is 27.8. The summed E-state index contributed by atoms with van der Waals surface area (Å²) in [5.41, 5.74) is 8.61. The molecule has 0 saturated heterocycles. The van der Waals surface area contributed by atoms with Crippen molar-refractivity contribution in [2.45, 2.75) is 17.2 Å². The quantitative estimate of drug-likeness (QED) is 0.183. The van der Waals surface area contributed by atoms with Crippen LogP contribution in [0.5, 0.6) is 0 Å². The average molecular weight is 621 g/mol. The molecule has 0 fully saturated rings. The van der Waals surface area contributed by atoms with Gasteiger partial charge in [0.25, 0.3) is 0 Å². The Morgan fingerprint density at radius 1 is 0.468 bits per heavy atom. The maximum Gasteiger partial charge on any atom is 0.0540 e. The molecule has 9 rings (SSSR count). The molecule has 7 aromatic rings. The molecule has 47 heavy (non-hydrogen) atoms. The van der Waals surface area contributed by atoms with Crippen molar-refractivity contribution in [2.75, 3.05) is 9.80 Å². The maximum atomic E-state index is 2.47. The highest BCUT2D eigenvalue weighted by atomic mass is 32.2. The van der Waals surface area contributed by atoms with Gasteiger partial charge >= 0.3 is 0 Å². The number of para-hydroxylation sites is 2. The Morgan fingerprint density at radius 2 is 1.02 bits per heavy atom. The first-order valence-corrected chi connectivity index (χ1v) is 17.0. The third-order valence-electron chi connectivity index (χ3n) is 9.38. The minimum atomic E-state index is 0.293. The zero-order valence-electron chi connectivity index (χ0n) is 25.8. The van der Waals surface area contributed by atoms with Gasteiger partial charge in [-0.2, -0.15) is 0 Å². The van der Waals surface area contributed by atoms with Crippen LogP contribution in [0.15, 0.2) is 191 Å². The van der Waals surface area contributed by atoms with Crippen LogP contribution in [0.2, 0.25) is 0 Å². The van der Waals surface area contributed by atoms with Crippen LogP contribution in [0.1, 0.15) is 17.9 Å². The van der Waals surface area contributed by atoms with Gasteiger partial charge in [-0.25, -0.2) is 0 Å². The molecule has 2 aliphatic rings. The number of hydrogen-bond donors (Lipinski definition) is 0. The van der Waals surface area contributed by atoms with Crippen LogP contribution < -0.4 is 9.80 Å². The molecule has 1 aliphatic heterocycles. The summed E-state index contributed by atoms with van der Waals surface area (Å²) in [6.07, 6.45) is 5.62. The first-order valence-electron chi connectivity index (χ1n) is 16.2. The number of thioether (sulfide) groups is 1. The number of rotatable bonds is 6. The highest BCUT2D eigenvalue weighted by Crippen LogP contribution is 2.55. The van der Waals surface area contributed by atoms with E-state index < -0.39 is 0 Å². The van der Waals surface area contributed by atoms with Crippen LogP contribution in [0.3, 0.4) is 0 Å². The van der Waals surface area contributed by atoms with Crippen LogP contribution in [0.25, 0.3) is 21.5 Å². The summed E-state index contributed by atoms with van der Waals surface area (Å²) in [4.78, 5) is 7.65. The van der Waals surface area contributed by atoms with Gasteiger partial charge in [0.15, 0.2) is 0 Å². The molecule has 3 heteroatoms. The lowest BCUT2D eigenvalue weighted by Crippen LogP contribution is -2.20. The van der Waals surface area contributed by atoms with Crippen LogP contribution in [-0.2, 0) is 0 Å². The van der Waals surface area contributed by atoms with E-state index in [1.165, 1.54) is 65.4 Å². The van der Waals surface area contributed by atoms with Crippen molar-refractivity contribution >= 4 is 61.7 Å². The molecule has 1 unspecified atom stereocenters. The van der Waals surface area contributed by atoms with Gasteiger partial charge < -0.3 is 9.80 Å². The summed E-state index contributed by atoms with van der Waals surface area (Å²) < 4.78 is 0. The van der Waals surface area contributed by atoms with Crippen molar-refractivity contribution < 1.29 is 0 Å². The van der Waals surface area contributed by atoms with Gasteiger partial charge in [0.2, 0.25) is 0 Å². The summed E-state index contributed by atoms with van der Waals surface area (Å²) in [7, 11) is 0. The van der Waals surface area contributed by atoms with Gasteiger partial charge in [-0.1, -0.05) is 121 Å². The fourth-order valence-electron chi connectivity index (χ4n) is 7.22. The summed E-state index contributed by atoms with van der Waals surface area (Å²) in [5.74, 6) is 0.293. The van der Waals surface area contributed by atoms with Crippen molar-refractivity contribution in [3.8, 4) is 0 Å². The van der Waals surface area contributed by atoms with E-state index in [9.17, 15) is 0 Å². The molecule has 7 aromatic carbocycles. The first-order chi connectivity index (χ1) is 23.3. The third kappa shape index (κ3) is 4.91. The second kappa shape index (κ2) is 11.7. The zero-order chi connectivity index (χ0) is 31.2. The molecule has 1 aliphatic carbocycles.